The molecule has 0 bridgehead atoms. The topological polar surface area (TPSA) is 41.5 Å². The number of rotatable bonds is 3. The van der Waals surface area contributed by atoms with E-state index in [1.165, 1.54) is 0 Å². The summed E-state index contributed by atoms with van der Waals surface area (Å²) in [5, 5.41) is 3.24. The average molecular weight is 304 g/mol. The van der Waals surface area contributed by atoms with E-state index < -0.39 is 0 Å². The van der Waals surface area contributed by atoms with Crippen LogP contribution in [0.3, 0.4) is 0 Å². The number of nitrogens with one attached hydrogen (secondary N) is 1. The third-order valence-electron chi connectivity index (χ3n) is 5.05. The van der Waals surface area contributed by atoms with Gasteiger partial charge in [0.2, 0.25) is 5.91 Å². The van der Waals surface area contributed by atoms with Gasteiger partial charge in [0.05, 0.1) is 16.4 Å². The van der Waals surface area contributed by atoms with Gasteiger partial charge in [-0.15, -0.1) is 11.8 Å². The van der Waals surface area contributed by atoms with Crippen molar-refractivity contribution in [2.45, 2.75) is 43.9 Å². The number of hydrogen-bond donors (Lipinski definition) is 1. The summed E-state index contributed by atoms with van der Waals surface area (Å²) in [5.41, 5.74) is 1.04. The molecule has 1 amide bonds. The highest BCUT2D eigenvalue weighted by Gasteiger charge is 2.54. The minimum Gasteiger partial charge on any atom is -0.351 e. The number of carbonyl (C=O) groups excluding carboxylic acids is 1. The van der Waals surface area contributed by atoms with E-state index in [1.807, 2.05) is 11.8 Å². The second kappa shape index (κ2) is 5.31. The van der Waals surface area contributed by atoms with Gasteiger partial charge in [-0.2, -0.15) is 0 Å². The minimum absolute atomic E-state index is 0.0502. The van der Waals surface area contributed by atoms with Crippen LogP contribution in [-0.4, -0.2) is 34.2 Å². The number of amides is 1. The lowest BCUT2D eigenvalue weighted by Gasteiger charge is -2.38. The molecule has 3 aliphatic rings. The molecule has 114 valence electrons. The Morgan fingerprint density at radius 2 is 2.33 bits per heavy atom. The largest absolute Gasteiger partial charge is 0.351 e. The van der Waals surface area contributed by atoms with Gasteiger partial charge in [-0.1, -0.05) is 25.2 Å². The first kappa shape index (κ1) is 14.9. The molecule has 4 heteroatoms. The van der Waals surface area contributed by atoms with Crippen LogP contribution in [0.4, 0.5) is 0 Å². The molecule has 0 saturated carbocycles. The van der Waals surface area contributed by atoms with Crippen LogP contribution in [0.1, 0.15) is 33.6 Å². The molecule has 0 aromatic heterocycles. The van der Waals surface area contributed by atoms with Crippen molar-refractivity contribution in [2.24, 2.45) is 16.8 Å². The molecular weight excluding hydrogens is 280 g/mol. The second-order valence-corrected chi connectivity index (χ2v) is 8.12. The Morgan fingerprint density at radius 1 is 1.52 bits per heavy atom. The molecule has 1 spiro atoms. The lowest BCUT2D eigenvalue weighted by Crippen LogP contribution is -2.50. The normalized spacial score (nSPS) is 34.1. The molecule has 3 rings (SSSR count). The Labute approximate surface area is 131 Å². The van der Waals surface area contributed by atoms with Gasteiger partial charge in [-0.25, -0.2) is 0 Å². The quantitative estimate of drug-likeness (QED) is 0.871. The molecule has 3 atom stereocenters. The molecule has 1 fully saturated rings. The van der Waals surface area contributed by atoms with Crippen molar-refractivity contribution in [3.8, 4) is 0 Å². The van der Waals surface area contributed by atoms with Gasteiger partial charge >= 0.3 is 0 Å². The molecule has 0 aromatic carbocycles. The molecule has 2 aliphatic heterocycles. The van der Waals surface area contributed by atoms with Crippen molar-refractivity contribution in [1.29, 1.82) is 0 Å². The van der Waals surface area contributed by atoms with Crippen LogP contribution >= 0.6 is 11.8 Å². The highest BCUT2D eigenvalue weighted by Crippen LogP contribution is 2.52. The summed E-state index contributed by atoms with van der Waals surface area (Å²) < 4.78 is -0.0502. The molecule has 2 heterocycles. The van der Waals surface area contributed by atoms with E-state index >= 15 is 0 Å². The Balaban J connectivity index is 1.82. The van der Waals surface area contributed by atoms with Crippen molar-refractivity contribution < 1.29 is 4.79 Å². The van der Waals surface area contributed by atoms with Gasteiger partial charge < -0.3 is 5.32 Å². The van der Waals surface area contributed by atoms with E-state index in [4.69, 9.17) is 4.99 Å². The van der Waals surface area contributed by atoms with Gasteiger partial charge in [-0.05, 0) is 38.7 Å². The smallest absolute Gasteiger partial charge is 0.224 e. The average Bonchev–Trinajstić information content (AvgIpc) is 2.84. The first-order valence-electron chi connectivity index (χ1n) is 7.85. The van der Waals surface area contributed by atoms with Crippen molar-refractivity contribution in [3.63, 3.8) is 0 Å². The summed E-state index contributed by atoms with van der Waals surface area (Å²) in [6, 6.07) is 0. The lowest BCUT2D eigenvalue weighted by atomic mass is 9.74. The third-order valence-corrected chi connectivity index (χ3v) is 6.70. The number of aliphatic imine (C=N–C) groups is 1. The van der Waals surface area contributed by atoms with Crippen LogP contribution in [0.25, 0.3) is 0 Å². The highest BCUT2D eigenvalue weighted by molar-refractivity contribution is 8.02. The van der Waals surface area contributed by atoms with E-state index in [9.17, 15) is 4.79 Å². The fourth-order valence-corrected chi connectivity index (χ4v) is 5.23. The van der Waals surface area contributed by atoms with E-state index in [1.54, 1.807) is 0 Å². The third kappa shape index (κ3) is 2.48. The predicted molar refractivity (Wildman–Crippen MR) is 89.9 cm³/mol. The predicted octanol–water partition coefficient (Wildman–Crippen LogP) is 2.98. The van der Waals surface area contributed by atoms with Crippen LogP contribution in [0.15, 0.2) is 29.3 Å². The monoisotopic (exact) mass is 304 g/mol. The molecule has 0 radical (unpaired) electrons. The fraction of sp³-hybridized carbons (Fsp3) is 0.647. The molecule has 1 N–H and O–H groups in total. The zero-order chi connectivity index (χ0) is 15.1. The summed E-state index contributed by atoms with van der Waals surface area (Å²) in [5.74, 6) is 1.60. The lowest BCUT2D eigenvalue weighted by molar-refractivity contribution is -0.127. The Bertz CT molecular complexity index is 535. The Kier molecular flexibility index (Phi) is 3.76. The summed E-state index contributed by atoms with van der Waals surface area (Å²) in [7, 11) is 0. The number of allylic oxidation sites excluding steroid dienone is 3. The van der Waals surface area contributed by atoms with Gasteiger partial charge in [0, 0.05) is 17.8 Å². The Hall–Kier alpha value is -1.03. The maximum atomic E-state index is 12.7. The summed E-state index contributed by atoms with van der Waals surface area (Å²) in [6.07, 6.45) is 10.5. The number of nitrogens with zero attached hydrogens (tertiary/aromatic N) is 1. The summed E-state index contributed by atoms with van der Waals surface area (Å²) in [6.45, 7) is 7.16. The van der Waals surface area contributed by atoms with E-state index in [2.05, 4.69) is 50.4 Å². The van der Waals surface area contributed by atoms with Crippen LogP contribution in [-0.2, 0) is 4.79 Å². The zero-order valence-electron chi connectivity index (χ0n) is 13.1. The molecule has 21 heavy (non-hydrogen) atoms. The molecule has 3 nitrogen and oxygen atoms in total. The van der Waals surface area contributed by atoms with Crippen LogP contribution in [0, 0.1) is 11.8 Å². The SMILES string of the molecule is CCC(C)(C)NC(=O)C1CSC23C=CC=CC2=NCCC13. The summed E-state index contributed by atoms with van der Waals surface area (Å²) >= 11 is 1.90. The van der Waals surface area contributed by atoms with E-state index in [0.717, 1.165) is 30.9 Å². The molecular formula is C17H24N2OS. The maximum Gasteiger partial charge on any atom is 0.224 e. The minimum atomic E-state index is -0.120. The highest BCUT2D eigenvalue weighted by atomic mass is 32.2. The van der Waals surface area contributed by atoms with Gasteiger partial charge in [0.25, 0.3) is 0 Å². The molecule has 3 unspecified atom stereocenters. The second-order valence-electron chi connectivity index (χ2n) is 6.82. The molecule has 1 aliphatic carbocycles. The van der Waals surface area contributed by atoms with Crippen molar-refractivity contribution in [1.82, 2.24) is 5.32 Å². The maximum absolute atomic E-state index is 12.7. The van der Waals surface area contributed by atoms with Crippen LogP contribution in [0.2, 0.25) is 0 Å². The van der Waals surface area contributed by atoms with E-state index in [-0.39, 0.29) is 22.1 Å². The molecule has 1 saturated heterocycles. The van der Waals surface area contributed by atoms with Gasteiger partial charge in [0.15, 0.2) is 0 Å². The van der Waals surface area contributed by atoms with Crippen molar-refractivity contribution >= 4 is 23.4 Å². The van der Waals surface area contributed by atoms with Crippen LogP contribution in [0.5, 0.6) is 0 Å². The fourth-order valence-electron chi connectivity index (χ4n) is 3.44. The van der Waals surface area contributed by atoms with Gasteiger partial charge in [0.1, 0.15) is 0 Å². The van der Waals surface area contributed by atoms with E-state index in [0.29, 0.717) is 5.92 Å². The molecule has 0 aromatic rings. The first-order chi connectivity index (χ1) is 9.98. The van der Waals surface area contributed by atoms with Crippen molar-refractivity contribution in [2.75, 3.05) is 12.3 Å². The summed E-state index contributed by atoms with van der Waals surface area (Å²) in [4.78, 5) is 17.4. The zero-order valence-corrected chi connectivity index (χ0v) is 13.9. The van der Waals surface area contributed by atoms with Gasteiger partial charge in [-0.3, -0.25) is 9.79 Å². The number of carbonyl (C=O) groups is 1. The Morgan fingerprint density at radius 3 is 3.10 bits per heavy atom. The van der Waals surface area contributed by atoms with Crippen molar-refractivity contribution in [3.05, 3.63) is 24.3 Å². The number of hydrogen-bond acceptors (Lipinski definition) is 3. The standard InChI is InChI=1S/C17H24N2OS/c1-4-16(2,3)19-15(20)12-11-21-17-9-6-5-7-14(17)18-10-8-13(12)17/h5-7,9,12-13H,4,8,10-11H2,1-3H3,(H,19,20). The number of thioether (sulfide) groups is 1. The van der Waals surface area contributed by atoms with Crippen LogP contribution < -0.4 is 5.32 Å². The first-order valence-corrected chi connectivity index (χ1v) is 8.84.